The molecule has 0 unspecified atom stereocenters. The van der Waals surface area contributed by atoms with E-state index in [1.807, 2.05) is 0 Å². The molecule has 0 fully saturated rings. The molecule has 25 aromatic rings. The maximum absolute atomic E-state index is 2.39. The molecule has 0 spiro atoms. The van der Waals surface area contributed by atoms with Crippen LogP contribution >= 0.6 is 0 Å². The number of fused-ring (bicyclic) bond motifs is 11. The Kier molecular flexibility index (Phi) is 20.5. The smallest absolute Gasteiger partial charge is 0.00199 e. The van der Waals surface area contributed by atoms with Crippen molar-refractivity contribution in [1.29, 1.82) is 0 Å². The molecule has 0 bridgehead atoms. The lowest BCUT2D eigenvalue weighted by atomic mass is 9.83. The van der Waals surface area contributed by atoms with Crippen molar-refractivity contribution in [3.63, 3.8) is 0 Å². The fourth-order valence-electron chi connectivity index (χ4n) is 20.5. The van der Waals surface area contributed by atoms with E-state index in [0.29, 0.717) is 0 Å². The van der Waals surface area contributed by atoms with Gasteiger partial charge >= 0.3 is 0 Å². The molecule has 0 amide bonds. The van der Waals surface area contributed by atoms with Crippen LogP contribution in [0.25, 0.3) is 241 Å². The zero-order chi connectivity index (χ0) is 86.2. The van der Waals surface area contributed by atoms with Crippen LogP contribution in [0.3, 0.4) is 0 Å². The van der Waals surface area contributed by atoms with Crippen LogP contribution in [-0.2, 0) is 0 Å². The highest BCUT2D eigenvalue weighted by atomic mass is 14.3. The Morgan fingerprint density at radius 1 is 0.0769 bits per heavy atom. The molecule has 0 atom stereocenters. The second kappa shape index (κ2) is 34.2. The molecule has 0 aliphatic heterocycles. The standard InChI is InChI=1S/C46H30.2C42H28/c1-2-14-31(15-3-1)35-17-6-7-18-36(35)32-26-28-33(29-27-32)45-40-22-10-12-24-42(40)46(43-25-13-11-23-41(43)45)44-30-34-16-4-5-19-37(34)38-20-8-9-21-39(38)44;1-2-13-29(14-3-1)33-17-6-7-18-34(33)31-25-27-32(28-26-31)41-37-20-8-10-22-39(37)42(40-23-11-9-21-38(40)41)36-24-12-16-30-15-4-5-19-35(30)36;1-2-13-30(14-3-1)35-16-6-7-17-36(35)31-23-25-32(26-24-31)41-37-18-8-10-20-39(37)42(40-21-11-9-19-38(40)41)34-27-22-29-12-4-5-15-33(29)28-34/h1-30H;2*1-28H. The Balaban J connectivity index is 0.000000111. The van der Waals surface area contributed by atoms with E-state index >= 15 is 0 Å². The lowest BCUT2D eigenvalue weighted by Gasteiger charge is -2.20. The van der Waals surface area contributed by atoms with Gasteiger partial charge in [-0.1, -0.05) is 510 Å². The summed E-state index contributed by atoms with van der Waals surface area (Å²) in [5, 5.41) is 25.5. The van der Waals surface area contributed by atoms with Crippen molar-refractivity contribution in [1.82, 2.24) is 0 Å². The summed E-state index contributed by atoms with van der Waals surface area (Å²) in [6.45, 7) is 0. The summed E-state index contributed by atoms with van der Waals surface area (Å²) in [6.07, 6.45) is 0. The van der Waals surface area contributed by atoms with Crippen LogP contribution in [0.5, 0.6) is 0 Å². The third-order valence-electron chi connectivity index (χ3n) is 26.4. The van der Waals surface area contributed by atoms with Crippen molar-refractivity contribution < 1.29 is 0 Å². The normalized spacial score (nSPS) is 11.4. The average Bonchev–Trinajstić information content (AvgIpc) is 0.739. The van der Waals surface area contributed by atoms with Gasteiger partial charge in [-0.2, -0.15) is 0 Å². The van der Waals surface area contributed by atoms with Gasteiger partial charge < -0.3 is 0 Å². The molecule has 130 heavy (non-hydrogen) atoms. The van der Waals surface area contributed by atoms with E-state index in [1.165, 1.54) is 241 Å². The van der Waals surface area contributed by atoms with Crippen molar-refractivity contribution >= 4 is 108 Å². The first-order valence-corrected chi connectivity index (χ1v) is 45.0. The van der Waals surface area contributed by atoms with Gasteiger partial charge in [-0.15, -0.1) is 0 Å². The van der Waals surface area contributed by atoms with Crippen molar-refractivity contribution in [3.8, 4) is 134 Å². The molecule has 0 saturated carbocycles. The minimum absolute atomic E-state index is 1.22. The second-order valence-electron chi connectivity index (χ2n) is 33.8. The number of benzene rings is 25. The van der Waals surface area contributed by atoms with Gasteiger partial charge in [0.15, 0.2) is 0 Å². The minimum Gasteiger partial charge on any atom is -0.0622 e. The molecule has 606 valence electrons. The minimum atomic E-state index is 1.22. The maximum Gasteiger partial charge on any atom is -0.00199 e. The zero-order valence-corrected chi connectivity index (χ0v) is 71.7. The van der Waals surface area contributed by atoms with Gasteiger partial charge in [-0.3, -0.25) is 0 Å². The van der Waals surface area contributed by atoms with Crippen molar-refractivity contribution in [2.24, 2.45) is 0 Å². The fraction of sp³-hybridized carbons (Fsp3) is 0. The van der Waals surface area contributed by atoms with Crippen LogP contribution in [-0.4, -0.2) is 0 Å². The van der Waals surface area contributed by atoms with Crippen molar-refractivity contribution in [3.05, 3.63) is 522 Å². The predicted molar refractivity (Wildman–Crippen MR) is 560 cm³/mol. The molecular formula is C130H86. The van der Waals surface area contributed by atoms with Gasteiger partial charge in [0.05, 0.1) is 0 Å². The number of rotatable bonds is 12. The lowest BCUT2D eigenvalue weighted by Crippen LogP contribution is -1.92. The first-order chi connectivity index (χ1) is 64.6. The van der Waals surface area contributed by atoms with Gasteiger partial charge in [0.2, 0.25) is 0 Å². The Morgan fingerprint density at radius 3 is 0.646 bits per heavy atom. The second-order valence-corrected chi connectivity index (χ2v) is 33.8. The largest absolute Gasteiger partial charge is 0.0622 e. The third-order valence-corrected chi connectivity index (χ3v) is 26.4. The van der Waals surface area contributed by atoms with E-state index in [-0.39, 0.29) is 0 Å². The fourth-order valence-corrected chi connectivity index (χ4v) is 20.5. The molecule has 25 rings (SSSR count). The first-order valence-electron chi connectivity index (χ1n) is 45.0. The summed E-state index contributed by atoms with van der Waals surface area (Å²) in [7, 11) is 0. The zero-order valence-electron chi connectivity index (χ0n) is 71.7. The summed E-state index contributed by atoms with van der Waals surface area (Å²) in [4.78, 5) is 0. The monoisotopic (exact) mass is 1650 g/mol. The number of hydrogen-bond donors (Lipinski definition) is 0. The van der Waals surface area contributed by atoms with E-state index in [9.17, 15) is 0 Å². The van der Waals surface area contributed by atoms with Crippen LogP contribution in [0, 0.1) is 0 Å². The molecule has 0 heteroatoms. The van der Waals surface area contributed by atoms with Crippen LogP contribution in [0.15, 0.2) is 522 Å². The van der Waals surface area contributed by atoms with Gasteiger partial charge in [0.25, 0.3) is 0 Å². The summed E-state index contributed by atoms with van der Waals surface area (Å²) < 4.78 is 0. The van der Waals surface area contributed by atoms with Crippen LogP contribution in [0.1, 0.15) is 0 Å². The quantitative estimate of drug-likeness (QED) is 0.0845. The molecule has 0 N–H and O–H groups in total. The van der Waals surface area contributed by atoms with Gasteiger partial charge in [0, 0.05) is 0 Å². The molecule has 0 radical (unpaired) electrons. The summed E-state index contributed by atoms with van der Waals surface area (Å²) in [5.41, 5.74) is 30.1. The molecule has 0 nitrogen and oxygen atoms in total. The predicted octanol–water partition coefficient (Wildman–Crippen LogP) is 36.6. The molecular weight excluding hydrogens is 1560 g/mol. The lowest BCUT2D eigenvalue weighted by molar-refractivity contribution is 1.58. The number of hydrogen-bond acceptors (Lipinski definition) is 0. The maximum atomic E-state index is 2.39. The van der Waals surface area contributed by atoms with Gasteiger partial charge in [-0.25, -0.2) is 0 Å². The van der Waals surface area contributed by atoms with Gasteiger partial charge in [-0.05, 0) is 253 Å². The highest BCUT2D eigenvalue weighted by Crippen LogP contribution is 2.51. The molecule has 0 aliphatic rings. The topological polar surface area (TPSA) is 0 Å². The Bertz CT molecular complexity index is 8420. The summed E-state index contributed by atoms with van der Waals surface area (Å²) >= 11 is 0. The van der Waals surface area contributed by atoms with E-state index in [0.717, 1.165) is 0 Å². The van der Waals surface area contributed by atoms with Crippen LogP contribution in [0.2, 0.25) is 0 Å². The van der Waals surface area contributed by atoms with E-state index in [1.54, 1.807) is 0 Å². The highest BCUT2D eigenvalue weighted by Gasteiger charge is 2.24. The Hall–Kier alpha value is -16.9. The van der Waals surface area contributed by atoms with Crippen molar-refractivity contribution in [2.45, 2.75) is 0 Å². The summed E-state index contributed by atoms with van der Waals surface area (Å²) in [5.74, 6) is 0. The van der Waals surface area contributed by atoms with Crippen LogP contribution in [0.4, 0.5) is 0 Å². The first kappa shape index (κ1) is 77.9. The summed E-state index contributed by atoms with van der Waals surface area (Å²) in [6, 6.07) is 190. The molecule has 0 aliphatic carbocycles. The van der Waals surface area contributed by atoms with Crippen molar-refractivity contribution in [2.75, 3.05) is 0 Å². The van der Waals surface area contributed by atoms with Gasteiger partial charge in [0.1, 0.15) is 0 Å². The molecule has 25 aromatic carbocycles. The molecule has 0 saturated heterocycles. The molecule has 0 heterocycles. The van der Waals surface area contributed by atoms with Crippen LogP contribution < -0.4 is 0 Å². The van der Waals surface area contributed by atoms with E-state index in [4.69, 9.17) is 0 Å². The third kappa shape index (κ3) is 14.3. The Morgan fingerprint density at radius 2 is 0.292 bits per heavy atom. The highest BCUT2D eigenvalue weighted by molar-refractivity contribution is 6.28. The van der Waals surface area contributed by atoms with E-state index in [2.05, 4.69) is 522 Å². The average molecular weight is 1650 g/mol. The Labute approximate surface area is 757 Å². The van der Waals surface area contributed by atoms with E-state index < -0.39 is 0 Å². The SMILES string of the molecule is c1ccc(-c2ccccc2-c2ccc(-c3c4ccccc4c(-c4cc5ccccc5c5ccccc45)c4ccccc34)cc2)cc1.c1ccc(-c2ccccc2-c2ccc(-c3c4ccccc4c(-c4ccc5ccccc5c4)c4ccccc34)cc2)cc1.c1ccc(-c2ccccc2-c2ccc(-c3c4ccccc4c(-c4cccc5ccccc45)c4ccccc34)cc2)cc1. The molecule has 0 aromatic heterocycles.